The lowest BCUT2D eigenvalue weighted by Gasteiger charge is -2.21. The molecule has 0 aromatic rings. The van der Waals surface area contributed by atoms with Gasteiger partial charge in [-0.2, -0.15) is 0 Å². The van der Waals surface area contributed by atoms with Crippen molar-refractivity contribution in [2.45, 2.75) is 452 Å². The second-order valence-electron chi connectivity index (χ2n) is 31.1. The molecule has 0 aliphatic heterocycles. The smallest absolute Gasteiger partial charge is 0.462 e. The molecule has 0 saturated carbocycles. The van der Waals surface area contributed by atoms with Gasteiger partial charge in [0.2, 0.25) is 0 Å². The standard InChI is InChI=1S/C83H162O17P2/c1-8-10-11-12-13-14-15-16-17-18-19-20-21-22-23-26-30-33-36-44-52-59-66-82(87)99-78(70-93-80(85)64-57-50-43-35-32-29-27-24-25-28-31-34-40-47-54-61-74(3)4)72-97-101(89,90)95-68-77(84)69-96-102(91,92)98-73-79(71-94-81(86)65-58-51-46-39-41-48-55-62-75(5)6)100-83(88)67-60-53-45-38-37-42-49-56-63-76(7)9-2/h74-79,84H,8-73H2,1-7H3,(H,89,90)(H,91,92)/t76?,77-,78-,79-/m1/s1. The van der Waals surface area contributed by atoms with Crippen LogP contribution < -0.4 is 0 Å². The Kier molecular flexibility index (Phi) is 71.8. The number of hydrogen-bond donors (Lipinski definition) is 3. The SMILES string of the molecule is CCCCCCCCCCCCCCCCCCCCCCCCC(=O)O[C@H](COC(=O)CCCCCCCCCCCCCCCCCC(C)C)COP(=O)(O)OC[C@@H](O)COP(=O)(O)OC[C@@H](COC(=O)CCCCCCCCCC(C)C)OC(=O)CCCCCCCCCCC(C)CC. The van der Waals surface area contributed by atoms with Crippen LogP contribution in [-0.4, -0.2) is 96.7 Å². The number of unbranched alkanes of at least 4 members (excludes halogenated alkanes) is 48. The highest BCUT2D eigenvalue weighted by molar-refractivity contribution is 7.47. The highest BCUT2D eigenvalue weighted by Crippen LogP contribution is 2.45. The summed E-state index contributed by atoms with van der Waals surface area (Å²) in [5.74, 6) is 0.168. The number of hydrogen-bond acceptors (Lipinski definition) is 15. The highest BCUT2D eigenvalue weighted by atomic mass is 31.2. The zero-order chi connectivity index (χ0) is 75.1. The summed E-state index contributed by atoms with van der Waals surface area (Å²) in [5.41, 5.74) is 0. The van der Waals surface area contributed by atoms with Gasteiger partial charge in [0.25, 0.3) is 0 Å². The number of aliphatic hydroxyl groups excluding tert-OH is 1. The first-order chi connectivity index (χ1) is 49.3. The highest BCUT2D eigenvalue weighted by Gasteiger charge is 2.30. The zero-order valence-corrected chi connectivity index (χ0v) is 68.9. The molecular weight excluding hydrogens is 1330 g/mol. The van der Waals surface area contributed by atoms with E-state index in [1.807, 2.05) is 0 Å². The molecule has 0 spiro atoms. The lowest BCUT2D eigenvalue weighted by Crippen LogP contribution is -2.30. The van der Waals surface area contributed by atoms with Crippen LogP contribution in [0.5, 0.6) is 0 Å². The third-order valence-electron chi connectivity index (χ3n) is 19.7. The van der Waals surface area contributed by atoms with Crippen molar-refractivity contribution >= 4 is 39.5 Å². The molecule has 606 valence electrons. The number of aliphatic hydroxyl groups is 1. The quantitative estimate of drug-likeness (QED) is 0.0222. The molecule has 102 heavy (non-hydrogen) atoms. The van der Waals surface area contributed by atoms with Crippen LogP contribution in [0.25, 0.3) is 0 Å². The first-order valence-electron chi connectivity index (χ1n) is 42.9. The van der Waals surface area contributed by atoms with Crippen molar-refractivity contribution in [3.8, 4) is 0 Å². The molecule has 17 nitrogen and oxygen atoms in total. The molecule has 0 rings (SSSR count). The Morgan fingerprint density at radius 2 is 0.500 bits per heavy atom. The number of carbonyl (C=O) groups excluding carboxylic acids is 4. The summed E-state index contributed by atoms with van der Waals surface area (Å²) >= 11 is 0. The molecule has 0 radical (unpaired) electrons. The van der Waals surface area contributed by atoms with E-state index in [4.69, 9.17) is 37.0 Å². The number of ether oxygens (including phenoxy) is 4. The Balaban J connectivity index is 5.21. The van der Waals surface area contributed by atoms with Crippen molar-refractivity contribution in [1.82, 2.24) is 0 Å². The van der Waals surface area contributed by atoms with Crippen LogP contribution in [0.4, 0.5) is 0 Å². The van der Waals surface area contributed by atoms with Crippen LogP contribution in [-0.2, 0) is 65.4 Å². The van der Waals surface area contributed by atoms with Crippen molar-refractivity contribution in [2.75, 3.05) is 39.6 Å². The molecule has 0 heterocycles. The topological polar surface area (TPSA) is 237 Å². The molecule has 0 aliphatic rings. The van der Waals surface area contributed by atoms with Crippen molar-refractivity contribution in [1.29, 1.82) is 0 Å². The van der Waals surface area contributed by atoms with E-state index in [0.717, 1.165) is 108 Å². The van der Waals surface area contributed by atoms with Crippen LogP contribution in [0.15, 0.2) is 0 Å². The van der Waals surface area contributed by atoms with Gasteiger partial charge in [0.1, 0.15) is 19.3 Å². The van der Waals surface area contributed by atoms with Gasteiger partial charge in [0.05, 0.1) is 26.4 Å². The van der Waals surface area contributed by atoms with Crippen molar-refractivity contribution in [2.24, 2.45) is 17.8 Å². The molecular formula is C83H162O17P2. The summed E-state index contributed by atoms with van der Waals surface area (Å²) < 4.78 is 68.7. The zero-order valence-electron chi connectivity index (χ0n) is 67.1. The van der Waals surface area contributed by atoms with Gasteiger partial charge in [0, 0.05) is 25.7 Å². The molecule has 0 bridgehead atoms. The Labute approximate surface area is 626 Å². The van der Waals surface area contributed by atoms with E-state index in [1.165, 1.54) is 238 Å². The van der Waals surface area contributed by atoms with Gasteiger partial charge in [-0.3, -0.25) is 37.3 Å². The number of phosphoric ester groups is 2. The predicted molar refractivity (Wildman–Crippen MR) is 418 cm³/mol. The molecule has 0 saturated heterocycles. The predicted octanol–water partition coefficient (Wildman–Crippen LogP) is 24.9. The van der Waals surface area contributed by atoms with Crippen LogP contribution in [0, 0.1) is 17.8 Å². The molecule has 0 aromatic heterocycles. The van der Waals surface area contributed by atoms with E-state index in [1.54, 1.807) is 0 Å². The normalized spacial score (nSPS) is 14.2. The Hall–Kier alpha value is -1.94. The number of carbonyl (C=O) groups is 4. The first kappa shape index (κ1) is 100. The monoisotopic (exact) mass is 1490 g/mol. The molecule has 3 unspecified atom stereocenters. The lowest BCUT2D eigenvalue weighted by atomic mass is 9.99. The van der Waals surface area contributed by atoms with Gasteiger partial charge in [-0.1, -0.05) is 382 Å². The van der Waals surface area contributed by atoms with Gasteiger partial charge in [-0.15, -0.1) is 0 Å². The van der Waals surface area contributed by atoms with E-state index >= 15 is 0 Å². The van der Waals surface area contributed by atoms with Crippen LogP contribution in [0.1, 0.15) is 434 Å². The summed E-state index contributed by atoms with van der Waals surface area (Å²) in [5, 5.41) is 10.6. The second kappa shape index (κ2) is 73.2. The molecule has 19 heteroatoms. The Morgan fingerprint density at radius 3 is 0.745 bits per heavy atom. The van der Waals surface area contributed by atoms with Crippen LogP contribution in [0.2, 0.25) is 0 Å². The third-order valence-corrected chi connectivity index (χ3v) is 21.6. The average molecular weight is 1490 g/mol. The maximum atomic E-state index is 13.1. The molecule has 3 N–H and O–H groups in total. The third kappa shape index (κ3) is 74.9. The molecule has 0 aliphatic carbocycles. The minimum absolute atomic E-state index is 0.104. The summed E-state index contributed by atoms with van der Waals surface area (Å²) in [6, 6.07) is 0. The summed E-state index contributed by atoms with van der Waals surface area (Å²) in [6.45, 7) is 11.9. The fraction of sp³-hybridized carbons (Fsp3) is 0.952. The second-order valence-corrected chi connectivity index (χ2v) is 34.0. The van der Waals surface area contributed by atoms with Crippen LogP contribution in [0.3, 0.4) is 0 Å². The van der Waals surface area contributed by atoms with E-state index < -0.39 is 97.5 Å². The molecule has 0 fully saturated rings. The van der Waals surface area contributed by atoms with Crippen LogP contribution >= 0.6 is 15.6 Å². The number of rotatable bonds is 81. The Bertz CT molecular complexity index is 1980. The lowest BCUT2D eigenvalue weighted by molar-refractivity contribution is -0.161. The first-order valence-corrected chi connectivity index (χ1v) is 45.9. The van der Waals surface area contributed by atoms with Gasteiger partial charge < -0.3 is 33.8 Å². The van der Waals surface area contributed by atoms with Crippen molar-refractivity contribution in [3.63, 3.8) is 0 Å². The van der Waals surface area contributed by atoms with Crippen molar-refractivity contribution < 1.29 is 80.2 Å². The average Bonchev–Trinajstić information content (AvgIpc) is 0.918. The maximum Gasteiger partial charge on any atom is 0.472 e. The van der Waals surface area contributed by atoms with Gasteiger partial charge in [-0.25, -0.2) is 9.13 Å². The molecule has 0 amide bonds. The van der Waals surface area contributed by atoms with E-state index in [-0.39, 0.29) is 25.7 Å². The fourth-order valence-electron chi connectivity index (χ4n) is 12.8. The Morgan fingerprint density at radius 1 is 0.284 bits per heavy atom. The fourth-order valence-corrected chi connectivity index (χ4v) is 14.4. The van der Waals surface area contributed by atoms with Crippen molar-refractivity contribution in [3.05, 3.63) is 0 Å². The maximum absolute atomic E-state index is 13.1. The number of phosphoric acid groups is 2. The summed E-state index contributed by atoms with van der Waals surface area (Å²) in [7, 11) is -9.92. The van der Waals surface area contributed by atoms with Gasteiger partial charge in [-0.05, 0) is 43.4 Å². The van der Waals surface area contributed by atoms with E-state index in [0.29, 0.717) is 31.6 Å². The minimum Gasteiger partial charge on any atom is -0.462 e. The van der Waals surface area contributed by atoms with Gasteiger partial charge in [0.15, 0.2) is 12.2 Å². The summed E-state index contributed by atoms with van der Waals surface area (Å²) in [4.78, 5) is 73.0. The molecule has 6 atom stereocenters. The van der Waals surface area contributed by atoms with Gasteiger partial charge >= 0.3 is 39.5 Å². The number of esters is 4. The molecule has 0 aromatic carbocycles. The minimum atomic E-state index is -4.96. The largest absolute Gasteiger partial charge is 0.472 e. The summed E-state index contributed by atoms with van der Waals surface area (Å²) in [6.07, 6.45) is 62.7. The van der Waals surface area contributed by atoms with E-state index in [9.17, 15) is 43.2 Å². The van der Waals surface area contributed by atoms with E-state index in [2.05, 4.69) is 48.5 Å².